The third kappa shape index (κ3) is 6.99. The van der Waals surface area contributed by atoms with Gasteiger partial charge in [0.2, 0.25) is 0 Å². The molecule has 0 bridgehead atoms. The first-order valence-electron chi connectivity index (χ1n) is 7.06. The molecule has 0 aliphatic carbocycles. The minimum absolute atomic E-state index is 0. The molecule has 0 saturated heterocycles. The third-order valence-corrected chi connectivity index (χ3v) is 5.94. The summed E-state index contributed by atoms with van der Waals surface area (Å²) >= 11 is -3.08. The zero-order valence-electron chi connectivity index (χ0n) is 14.2. The average molecular weight is 389 g/mol. The molecule has 0 N–H and O–H groups in total. The van der Waals surface area contributed by atoms with E-state index in [4.69, 9.17) is 8.06 Å². The van der Waals surface area contributed by atoms with Crippen molar-refractivity contribution in [2.45, 2.75) is 52.9 Å². The molecule has 1 aromatic carbocycles. The van der Waals surface area contributed by atoms with E-state index in [1.54, 1.807) is 13.2 Å². The summed E-state index contributed by atoms with van der Waals surface area (Å²) in [4.78, 5) is 0. The number of methoxy groups -OCH3 is 1. The molecule has 128 valence electrons. The third-order valence-electron chi connectivity index (χ3n) is 3.32. The maximum absolute atomic E-state index is 14.3. The van der Waals surface area contributed by atoms with Crippen LogP contribution in [0.1, 0.15) is 53.0 Å². The van der Waals surface area contributed by atoms with Crippen molar-refractivity contribution in [3.8, 4) is 11.5 Å². The largest absolute Gasteiger partial charge is 0.147 e. The molecule has 2 nitrogen and oxygen atoms in total. The van der Waals surface area contributed by atoms with Gasteiger partial charge in [0.05, 0.1) is 0 Å². The molecule has 0 spiro atoms. The Balaban J connectivity index is 0. The Morgan fingerprint density at radius 1 is 1.05 bits per heavy atom. The van der Waals surface area contributed by atoms with Crippen molar-refractivity contribution < 1.29 is 29.5 Å². The molecule has 0 amide bonds. The van der Waals surface area contributed by atoms with Gasteiger partial charge in [0, 0.05) is 0 Å². The smallest absolute Gasteiger partial charge is 0.147 e. The molecular weight excluding hydrogens is 362 g/mol. The molecule has 0 saturated carbocycles. The molecule has 0 radical (unpaired) electrons. The van der Waals surface area contributed by atoms with Gasteiger partial charge in [0.15, 0.2) is 0 Å². The van der Waals surface area contributed by atoms with Gasteiger partial charge in [-0.15, -0.1) is 24.8 Å². The molecule has 0 unspecified atom stereocenters. The van der Waals surface area contributed by atoms with Crippen molar-refractivity contribution >= 4 is 28.6 Å². The van der Waals surface area contributed by atoms with E-state index in [9.17, 15) is 3.09 Å². The topological polar surface area (TPSA) is 18.5 Å². The van der Waals surface area contributed by atoms with Gasteiger partial charge >= 0.3 is 129 Å². The fraction of sp³-hybridized carbons (Fsp3) is 0.562. The number of rotatable bonds is 5. The van der Waals surface area contributed by atoms with Gasteiger partial charge in [-0.05, 0) is 0 Å². The monoisotopic (exact) mass is 388 g/mol. The first-order chi connectivity index (χ1) is 9.31. The first-order valence-corrected chi connectivity index (χ1v) is 9.07. The Labute approximate surface area is 153 Å². The number of hydrogen-bond acceptors (Lipinski definition) is 2. The Bertz CT molecular complexity index is 493. The standard InChI is InChI=1S/C11H16O2.C5H10.2ClH.FH.Ti/c1-11(2,3)8-5-9(12)7-10(6-8)13-4;1-3-5-4-2;;;;/h5-7,12H,1-4H3;3-4H2,1-2H3;3*1H;/q;;;;;+2/p-2. The number of ether oxygens (including phenoxy) is 1. The molecule has 0 fully saturated rings. The van der Waals surface area contributed by atoms with E-state index >= 15 is 0 Å². The maximum atomic E-state index is 14.3. The van der Waals surface area contributed by atoms with Crippen LogP contribution in [0.5, 0.6) is 11.5 Å². The summed E-state index contributed by atoms with van der Waals surface area (Å²) in [5.74, 6) is 1.30. The molecule has 6 heteroatoms. The van der Waals surface area contributed by atoms with Gasteiger partial charge in [-0.3, -0.25) is 0 Å². The predicted octanol–water partition coefficient (Wildman–Crippen LogP) is 5.63. The first kappa shape index (κ1) is 24.2. The second-order valence-corrected chi connectivity index (χ2v) is 8.11. The van der Waals surface area contributed by atoms with Crippen LogP contribution in [-0.4, -0.2) is 10.9 Å². The average Bonchev–Trinajstić information content (AvgIpc) is 2.38. The Kier molecular flexibility index (Phi) is 11.7. The summed E-state index contributed by atoms with van der Waals surface area (Å²) in [6.07, 6.45) is 1.52. The SMILES string of the molecule is CC[C](CC)=[Ti]([F])[O]c1cc(OC)cc(C(C)(C)C)c1.Cl.Cl. The molecule has 0 atom stereocenters. The van der Waals surface area contributed by atoms with Crippen LogP contribution < -0.4 is 8.06 Å². The normalized spacial score (nSPS) is 10.1. The van der Waals surface area contributed by atoms with Crippen LogP contribution in [0.4, 0.5) is 3.09 Å². The van der Waals surface area contributed by atoms with Crippen LogP contribution in [-0.2, 0) is 23.7 Å². The summed E-state index contributed by atoms with van der Waals surface area (Å²) in [6, 6.07) is 5.68. The van der Waals surface area contributed by atoms with E-state index in [-0.39, 0.29) is 30.2 Å². The fourth-order valence-corrected chi connectivity index (χ4v) is 3.49. The molecule has 0 heterocycles. The molecule has 22 heavy (non-hydrogen) atoms. The Morgan fingerprint density at radius 2 is 1.55 bits per heavy atom. The van der Waals surface area contributed by atoms with Gasteiger partial charge in [-0.2, -0.15) is 0 Å². The van der Waals surface area contributed by atoms with Crippen LogP contribution >= 0.6 is 24.8 Å². The van der Waals surface area contributed by atoms with E-state index in [2.05, 4.69) is 20.8 Å². The second kappa shape index (κ2) is 10.6. The van der Waals surface area contributed by atoms with E-state index in [0.29, 0.717) is 11.5 Å². The molecule has 1 rings (SSSR count). The van der Waals surface area contributed by atoms with E-state index in [1.165, 1.54) is 0 Å². The van der Waals surface area contributed by atoms with Crippen LogP contribution in [0.15, 0.2) is 18.2 Å². The van der Waals surface area contributed by atoms with Gasteiger partial charge < -0.3 is 0 Å². The molecule has 1 aromatic rings. The van der Waals surface area contributed by atoms with Crippen molar-refractivity contribution in [3.05, 3.63) is 23.8 Å². The van der Waals surface area contributed by atoms with Crippen molar-refractivity contribution in [1.82, 2.24) is 0 Å². The van der Waals surface area contributed by atoms with Crippen LogP contribution in [0.3, 0.4) is 0 Å². The number of hydrogen-bond donors (Lipinski definition) is 0. The van der Waals surface area contributed by atoms with Crippen molar-refractivity contribution in [1.29, 1.82) is 0 Å². The van der Waals surface area contributed by atoms with Crippen molar-refractivity contribution in [3.63, 3.8) is 0 Å². The summed E-state index contributed by atoms with van der Waals surface area (Å²) in [5, 5.41) is 0. The summed E-state index contributed by atoms with van der Waals surface area (Å²) < 4.78 is 26.1. The minimum atomic E-state index is -3.08. The fourth-order valence-electron chi connectivity index (χ4n) is 1.89. The summed E-state index contributed by atoms with van der Waals surface area (Å²) in [7, 11) is 1.62. The van der Waals surface area contributed by atoms with Crippen LogP contribution in [0.25, 0.3) is 0 Å². The molecule has 0 aliphatic rings. The zero-order valence-corrected chi connectivity index (χ0v) is 17.4. The molecule has 0 aromatic heterocycles. The second-order valence-electron chi connectivity index (χ2n) is 5.83. The minimum Gasteiger partial charge on any atom is -0.147 e. The van der Waals surface area contributed by atoms with Gasteiger partial charge in [0.1, 0.15) is 0 Å². The maximum Gasteiger partial charge on any atom is -0.147 e. The van der Waals surface area contributed by atoms with Crippen molar-refractivity contribution in [2.24, 2.45) is 0 Å². The Morgan fingerprint density at radius 3 is 1.95 bits per heavy atom. The van der Waals surface area contributed by atoms with E-state index < -0.39 is 18.3 Å². The number of benzene rings is 1. The van der Waals surface area contributed by atoms with E-state index in [1.807, 2.05) is 26.0 Å². The van der Waals surface area contributed by atoms with Crippen molar-refractivity contribution in [2.75, 3.05) is 7.11 Å². The van der Waals surface area contributed by atoms with Crippen LogP contribution in [0, 0.1) is 0 Å². The molecular formula is C16H27Cl2FO2Ti. The Hall–Kier alpha value is -0.0857. The molecule has 0 aliphatic heterocycles. The number of halogens is 3. The van der Waals surface area contributed by atoms with Gasteiger partial charge in [-0.1, -0.05) is 0 Å². The summed E-state index contributed by atoms with van der Waals surface area (Å²) in [6.45, 7) is 10.3. The van der Waals surface area contributed by atoms with Gasteiger partial charge in [-0.25, -0.2) is 0 Å². The van der Waals surface area contributed by atoms with Crippen LogP contribution in [0.2, 0.25) is 0 Å². The van der Waals surface area contributed by atoms with E-state index in [0.717, 1.165) is 22.2 Å². The summed E-state index contributed by atoms with van der Waals surface area (Å²) in [5.41, 5.74) is 1.07. The van der Waals surface area contributed by atoms with Gasteiger partial charge in [0.25, 0.3) is 0 Å². The quantitative estimate of drug-likeness (QED) is 0.609. The zero-order chi connectivity index (χ0) is 15.3. The predicted molar refractivity (Wildman–Crippen MR) is 93.5 cm³/mol.